The van der Waals surface area contributed by atoms with Crippen LogP contribution in [-0.2, 0) is 6.42 Å². The van der Waals surface area contributed by atoms with E-state index in [0.29, 0.717) is 23.9 Å². The van der Waals surface area contributed by atoms with Crippen molar-refractivity contribution < 1.29 is 14.8 Å². The van der Waals surface area contributed by atoms with Crippen molar-refractivity contribution in [3.05, 3.63) is 70.8 Å². The van der Waals surface area contributed by atoms with Gasteiger partial charge in [-0.05, 0) is 115 Å². The summed E-state index contributed by atoms with van der Waals surface area (Å²) in [6, 6.07) is 16.4. The number of ketones is 1. The summed E-state index contributed by atoms with van der Waals surface area (Å²) < 4.78 is 0. The number of rotatable bonds is 14. The van der Waals surface area contributed by atoms with Crippen LogP contribution >= 0.6 is 0 Å². The number of hydroxylamine groups is 1. The molecule has 38 heavy (non-hydrogen) atoms. The highest BCUT2D eigenvalue weighted by Crippen LogP contribution is 2.41. The predicted molar refractivity (Wildman–Crippen MR) is 151 cm³/mol. The van der Waals surface area contributed by atoms with Crippen LogP contribution < -0.4 is 10.8 Å². The molecule has 2 fully saturated rings. The smallest absolute Gasteiger partial charge is 0.274 e. The molecule has 1 aliphatic heterocycles. The first-order valence-electron chi connectivity index (χ1n) is 14.2. The fourth-order valence-electron chi connectivity index (χ4n) is 5.53. The van der Waals surface area contributed by atoms with Crippen molar-refractivity contribution in [2.24, 2.45) is 5.92 Å². The first-order chi connectivity index (χ1) is 18.4. The summed E-state index contributed by atoms with van der Waals surface area (Å²) in [5, 5.41) is 12.5. The van der Waals surface area contributed by atoms with Gasteiger partial charge in [0.1, 0.15) is 0 Å². The molecule has 1 saturated heterocycles. The number of hydrogen-bond acceptors (Lipinski definition) is 6. The van der Waals surface area contributed by atoms with Crippen molar-refractivity contribution in [2.75, 3.05) is 46.8 Å². The number of aryl methyl sites for hydroxylation is 1. The third-order valence-electron chi connectivity index (χ3n) is 8.09. The number of nitrogens with one attached hydrogen (secondary N) is 2. The second-order valence-electron chi connectivity index (χ2n) is 11.3. The van der Waals surface area contributed by atoms with Crippen LogP contribution in [0.5, 0.6) is 0 Å². The maximum atomic E-state index is 12.4. The Kier molecular flexibility index (Phi) is 10.5. The molecule has 0 radical (unpaired) electrons. The standard InChI is InChI=1S/C31H44N4O3/c1-34(2)17-4-6-30(36)26-13-11-25(12-14-26)28-21-29(28)32-22-24-15-19-35(20-16-24)18-3-5-23-7-9-27(10-8-23)31(37)33-38/h7-14,24,28-29,32,38H,3-6,15-22H2,1-2H3,(H,33,37). The molecule has 206 valence electrons. The van der Waals surface area contributed by atoms with Crippen LogP contribution in [-0.4, -0.2) is 79.6 Å². The number of amides is 1. The summed E-state index contributed by atoms with van der Waals surface area (Å²) in [5.74, 6) is 1.11. The Morgan fingerprint density at radius 2 is 1.66 bits per heavy atom. The van der Waals surface area contributed by atoms with Crippen LogP contribution in [0.4, 0.5) is 0 Å². The van der Waals surface area contributed by atoms with E-state index in [0.717, 1.165) is 50.4 Å². The second kappa shape index (κ2) is 14.0. The highest BCUT2D eigenvalue weighted by Gasteiger charge is 2.38. The molecule has 1 aliphatic carbocycles. The summed E-state index contributed by atoms with van der Waals surface area (Å²) >= 11 is 0. The summed E-state index contributed by atoms with van der Waals surface area (Å²) in [4.78, 5) is 28.5. The van der Waals surface area contributed by atoms with Crippen molar-refractivity contribution in [1.29, 1.82) is 0 Å². The van der Waals surface area contributed by atoms with E-state index in [9.17, 15) is 9.59 Å². The molecule has 1 saturated carbocycles. The maximum absolute atomic E-state index is 12.4. The van der Waals surface area contributed by atoms with E-state index in [-0.39, 0.29) is 5.78 Å². The number of benzene rings is 2. The van der Waals surface area contributed by atoms with Crippen LogP contribution in [0, 0.1) is 5.92 Å². The Hall–Kier alpha value is -2.58. The fraction of sp³-hybridized carbons (Fsp3) is 0.548. The third kappa shape index (κ3) is 8.46. The van der Waals surface area contributed by atoms with Gasteiger partial charge < -0.3 is 15.1 Å². The monoisotopic (exact) mass is 520 g/mol. The van der Waals surface area contributed by atoms with Crippen molar-refractivity contribution in [2.45, 2.75) is 56.9 Å². The van der Waals surface area contributed by atoms with Gasteiger partial charge in [0.15, 0.2) is 5.78 Å². The van der Waals surface area contributed by atoms with Gasteiger partial charge in [0, 0.05) is 29.5 Å². The Bertz CT molecular complexity index is 1030. The quantitative estimate of drug-likeness (QED) is 0.197. The van der Waals surface area contributed by atoms with E-state index in [1.54, 1.807) is 17.6 Å². The summed E-state index contributed by atoms with van der Waals surface area (Å²) in [7, 11) is 4.08. The molecule has 0 bridgehead atoms. The topological polar surface area (TPSA) is 84.9 Å². The van der Waals surface area contributed by atoms with Crippen LogP contribution in [0.2, 0.25) is 0 Å². The lowest BCUT2D eigenvalue weighted by atomic mass is 9.96. The molecule has 7 nitrogen and oxygen atoms in total. The number of piperidine rings is 1. The lowest BCUT2D eigenvalue weighted by molar-refractivity contribution is 0.0706. The van der Waals surface area contributed by atoms with Crippen LogP contribution in [0.3, 0.4) is 0 Å². The SMILES string of the molecule is CN(C)CCCC(=O)c1ccc(C2CC2NCC2CCN(CCCc3ccc(C(=O)NO)cc3)CC2)cc1. The van der Waals surface area contributed by atoms with Gasteiger partial charge in [-0.3, -0.25) is 14.8 Å². The van der Waals surface area contributed by atoms with E-state index >= 15 is 0 Å². The molecule has 2 aromatic carbocycles. The molecule has 0 aromatic heterocycles. The minimum Gasteiger partial charge on any atom is -0.313 e. The number of hydrogen-bond donors (Lipinski definition) is 3. The second-order valence-corrected chi connectivity index (χ2v) is 11.3. The molecule has 2 aromatic rings. The zero-order valence-corrected chi connectivity index (χ0v) is 23.0. The molecule has 3 N–H and O–H groups in total. The van der Waals surface area contributed by atoms with E-state index in [1.807, 2.05) is 38.4 Å². The number of likely N-dealkylation sites (tertiary alicyclic amines) is 1. The number of nitrogens with zero attached hydrogens (tertiary/aromatic N) is 2. The molecule has 4 rings (SSSR count). The average molecular weight is 521 g/mol. The van der Waals surface area contributed by atoms with Gasteiger partial charge in [0.25, 0.3) is 5.91 Å². The van der Waals surface area contributed by atoms with Gasteiger partial charge in [-0.15, -0.1) is 0 Å². The molecular formula is C31H44N4O3. The van der Waals surface area contributed by atoms with Gasteiger partial charge in [-0.1, -0.05) is 36.4 Å². The summed E-state index contributed by atoms with van der Waals surface area (Å²) in [5.41, 5.74) is 5.56. The molecule has 2 unspecified atom stereocenters. The first kappa shape index (κ1) is 28.4. The Morgan fingerprint density at radius 3 is 2.32 bits per heavy atom. The van der Waals surface area contributed by atoms with E-state index in [2.05, 4.69) is 27.2 Å². The maximum Gasteiger partial charge on any atom is 0.274 e. The molecule has 7 heteroatoms. The van der Waals surface area contributed by atoms with Gasteiger partial charge in [-0.2, -0.15) is 0 Å². The minimum absolute atomic E-state index is 0.249. The summed E-state index contributed by atoms with van der Waals surface area (Å²) in [6.45, 7) is 5.49. The zero-order chi connectivity index (χ0) is 26.9. The Balaban J connectivity index is 1.08. The first-order valence-corrected chi connectivity index (χ1v) is 14.2. The van der Waals surface area contributed by atoms with Crippen LogP contribution in [0.15, 0.2) is 48.5 Å². The van der Waals surface area contributed by atoms with Crippen molar-refractivity contribution in [3.63, 3.8) is 0 Å². The Morgan fingerprint density at radius 1 is 0.974 bits per heavy atom. The fourth-order valence-corrected chi connectivity index (χ4v) is 5.53. The highest BCUT2D eigenvalue weighted by molar-refractivity contribution is 5.96. The molecule has 2 aliphatic rings. The van der Waals surface area contributed by atoms with Crippen LogP contribution in [0.25, 0.3) is 0 Å². The largest absolute Gasteiger partial charge is 0.313 e. The van der Waals surface area contributed by atoms with Gasteiger partial charge in [0.2, 0.25) is 0 Å². The molecule has 2 atom stereocenters. The van der Waals surface area contributed by atoms with Gasteiger partial charge in [0.05, 0.1) is 0 Å². The number of carbonyl (C=O) groups is 2. The minimum atomic E-state index is -0.473. The number of Topliss-reactive ketones (excluding diaryl/α,β-unsaturated/α-hetero) is 1. The number of carbonyl (C=O) groups excluding carboxylic acids is 2. The van der Waals surface area contributed by atoms with E-state index in [4.69, 9.17) is 5.21 Å². The van der Waals surface area contributed by atoms with Crippen molar-refractivity contribution in [1.82, 2.24) is 20.6 Å². The van der Waals surface area contributed by atoms with E-state index in [1.165, 1.54) is 43.5 Å². The lowest BCUT2D eigenvalue weighted by Crippen LogP contribution is -2.38. The molecule has 1 heterocycles. The lowest BCUT2D eigenvalue weighted by Gasteiger charge is -2.32. The predicted octanol–water partition coefficient (Wildman–Crippen LogP) is 4.12. The van der Waals surface area contributed by atoms with Crippen LogP contribution in [0.1, 0.15) is 76.3 Å². The van der Waals surface area contributed by atoms with Crippen molar-refractivity contribution >= 4 is 11.7 Å². The molecule has 1 amide bonds. The molecular weight excluding hydrogens is 476 g/mol. The molecule has 0 spiro atoms. The normalized spacial score (nSPS) is 20.0. The zero-order valence-electron chi connectivity index (χ0n) is 23.0. The van der Waals surface area contributed by atoms with Gasteiger partial charge in [-0.25, -0.2) is 5.48 Å². The van der Waals surface area contributed by atoms with Crippen molar-refractivity contribution in [3.8, 4) is 0 Å². The van der Waals surface area contributed by atoms with E-state index < -0.39 is 5.91 Å². The summed E-state index contributed by atoms with van der Waals surface area (Å²) in [6.07, 6.45) is 7.33. The van der Waals surface area contributed by atoms with Gasteiger partial charge >= 0.3 is 0 Å². The Labute approximate surface area is 227 Å². The average Bonchev–Trinajstić information content (AvgIpc) is 3.72. The third-order valence-corrected chi connectivity index (χ3v) is 8.09. The highest BCUT2D eigenvalue weighted by atomic mass is 16.5.